The maximum atomic E-state index is 10.5. The molecule has 0 fully saturated rings. The zero-order valence-electron chi connectivity index (χ0n) is 7.40. The topological polar surface area (TPSA) is 63.9 Å². The van der Waals surface area contributed by atoms with E-state index in [0.717, 1.165) is 0 Å². The van der Waals surface area contributed by atoms with Crippen molar-refractivity contribution in [3.05, 3.63) is 29.3 Å². The Kier molecular flexibility index (Phi) is 5.45. The van der Waals surface area contributed by atoms with Crippen molar-refractivity contribution in [2.75, 3.05) is 0 Å². The minimum atomic E-state index is -2.21. The molecule has 13 heavy (non-hydrogen) atoms. The minimum Gasteiger partial charge on any atom is -0.768 e. The van der Waals surface area contributed by atoms with Crippen molar-refractivity contribution in [1.29, 1.82) is 5.26 Å². The molecule has 0 radical (unpaired) electrons. The maximum Gasteiger partial charge on any atom is 1.00 e. The van der Waals surface area contributed by atoms with Crippen LogP contribution in [0.5, 0.6) is 0 Å². The third-order valence-corrected chi connectivity index (χ3v) is 2.15. The molecule has 0 aliphatic heterocycles. The van der Waals surface area contributed by atoms with Crippen LogP contribution in [0.25, 0.3) is 0 Å². The Bertz CT molecular complexity index is 373. The molecule has 0 heterocycles. The Hall–Kier alpha value is -0.180. The van der Waals surface area contributed by atoms with Crippen LogP contribution >= 0.6 is 0 Å². The molecule has 0 saturated heterocycles. The molecular weight excluding hydrogens is 197 g/mol. The van der Waals surface area contributed by atoms with E-state index in [1.807, 2.05) is 6.07 Å². The third-order valence-electron chi connectivity index (χ3n) is 1.51. The number of rotatable bonds is 1. The minimum absolute atomic E-state index is 0. The summed E-state index contributed by atoms with van der Waals surface area (Å²) in [5.74, 6) is 0. The zero-order valence-corrected chi connectivity index (χ0v) is 10.2. The Balaban J connectivity index is 0.00000144. The largest absolute Gasteiger partial charge is 1.00 e. The van der Waals surface area contributed by atoms with E-state index in [1.54, 1.807) is 6.92 Å². The van der Waals surface area contributed by atoms with Gasteiger partial charge in [0.05, 0.1) is 11.6 Å². The van der Waals surface area contributed by atoms with Crippen molar-refractivity contribution in [3.8, 4) is 6.07 Å². The van der Waals surface area contributed by atoms with Crippen molar-refractivity contribution in [3.63, 3.8) is 0 Å². The van der Waals surface area contributed by atoms with E-state index in [-0.39, 0.29) is 34.5 Å². The van der Waals surface area contributed by atoms with Gasteiger partial charge in [-0.15, -0.1) is 0 Å². The van der Waals surface area contributed by atoms with Crippen LogP contribution in [-0.4, -0.2) is 8.76 Å². The monoisotopic (exact) mass is 203 g/mol. The van der Waals surface area contributed by atoms with Crippen molar-refractivity contribution < 1.29 is 38.3 Å². The summed E-state index contributed by atoms with van der Waals surface area (Å²) >= 11 is -2.21. The van der Waals surface area contributed by atoms with Crippen LogP contribution in [0.1, 0.15) is 11.1 Å². The Morgan fingerprint density at radius 3 is 2.54 bits per heavy atom. The number of hydrogen-bond acceptors (Lipinski definition) is 3. The van der Waals surface area contributed by atoms with E-state index >= 15 is 0 Å². The Labute approximate surface area is 101 Å². The smallest absolute Gasteiger partial charge is 0.768 e. The van der Waals surface area contributed by atoms with E-state index in [0.29, 0.717) is 11.1 Å². The molecule has 0 saturated carbocycles. The van der Waals surface area contributed by atoms with Gasteiger partial charge in [0.15, 0.2) is 0 Å². The van der Waals surface area contributed by atoms with Gasteiger partial charge in [-0.2, -0.15) is 5.26 Å². The van der Waals surface area contributed by atoms with Gasteiger partial charge in [-0.1, -0.05) is 0 Å². The van der Waals surface area contributed by atoms with Gasteiger partial charge < -0.3 is 4.55 Å². The van der Waals surface area contributed by atoms with Crippen LogP contribution in [0.2, 0.25) is 0 Å². The molecule has 1 aromatic carbocycles. The molecule has 1 atom stereocenters. The van der Waals surface area contributed by atoms with Gasteiger partial charge in [-0.05, 0) is 41.8 Å². The van der Waals surface area contributed by atoms with Crippen LogP contribution < -0.4 is 29.6 Å². The Morgan fingerprint density at radius 1 is 1.54 bits per heavy atom. The van der Waals surface area contributed by atoms with Crippen LogP contribution in [0.3, 0.4) is 0 Å². The normalized spacial score (nSPS) is 11.2. The van der Waals surface area contributed by atoms with E-state index in [4.69, 9.17) is 5.26 Å². The van der Waals surface area contributed by atoms with E-state index in [9.17, 15) is 8.76 Å². The number of nitrogens with zero attached hydrogens (tertiary/aromatic N) is 1. The predicted molar refractivity (Wildman–Crippen MR) is 43.1 cm³/mol. The summed E-state index contributed by atoms with van der Waals surface area (Å²) < 4.78 is 20.9. The average Bonchev–Trinajstić information content (AvgIpc) is 2.04. The molecule has 0 aliphatic rings. The van der Waals surface area contributed by atoms with Crippen molar-refractivity contribution in [2.24, 2.45) is 0 Å². The molecule has 0 amide bonds. The molecule has 1 unspecified atom stereocenters. The first-order chi connectivity index (χ1) is 5.65. The summed E-state index contributed by atoms with van der Waals surface area (Å²) in [7, 11) is 0. The van der Waals surface area contributed by atoms with E-state index < -0.39 is 11.1 Å². The maximum absolute atomic E-state index is 10.5. The quantitative estimate of drug-likeness (QED) is 0.396. The van der Waals surface area contributed by atoms with Crippen molar-refractivity contribution >= 4 is 11.1 Å². The molecule has 0 spiro atoms. The van der Waals surface area contributed by atoms with Crippen LogP contribution in [0.4, 0.5) is 0 Å². The van der Waals surface area contributed by atoms with Crippen LogP contribution in [0, 0.1) is 18.3 Å². The van der Waals surface area contributed by atoms with Crippen molar-refractivity contribution in [2.45, 2.75) is 11.8 Å². The fraction of sp³-hybridized carbons (Fsp3) is 0.125. The standard InChI is InChI=1S/C8H7NO2S.Na/c1-6-4-8(12(10)11)3-2-7(6)5-9;/h2-4H,1H3,(H,10,11);/q;+1/p-1. The van der Waals surface area contributed by atoms with Crippen molar-refractivity contribution in [1.82, 2.24) is 0 Å². The molecule has 0 bridgehead atoms. The number of aryl methyl sites for hydroxylation is 1. The van der Waals surface area contributed by atoms with E-state index in [1.165, 1.54) is 18.2 Å². The molecule has 0 aliphatic carbocycles. The average molecular weight is 203 g/mol. The third kappa shape index (κ3) is 3.22. The summed E-state index contributed by atoms with van der Waals surface area (Å²) in [6.45, 7) is 1.70. The summed E-state index contributed by atoms with van der Waals surface area (Å²) in [6, 6.07) is 6.35. The first kappa shape index (κ1) is 12.8. The number of nitriles is 1. The molecule has 62 valence electrons. The van der Waals surface area contributed by atoms with Gasteiger partial charge in [0, 0.05) is 4.90 Å². The summed E-state index contributed by atoms with van der Waals surface area (Å²) in [6.07, 6.45) is 0. The molecule has 1 aromatic rings. The SMILES string of the molecule is Cc1cc(S(=O)[O-])ccc1C#N.[Na+]. The predicted octanol–water partition coefficient (Wildman–Crippen LogP) is -1.89. The number of hydrogen-bond donors (Lipinski definition) is 0. The van der Waals surface area contributed by atoms with Gasteiger partial charge in [0.1, 0.15) is 0 Å². The molecular formula is C8H6NNaO2S. The van der Waals surface area contributed by atoms with Gasteiger partial charge >= 0.3 is 29.6 Å². The van der Waals surface area contributed by atoms with Crippen LogP contribution in [-0.2, 0) is 11.1 Å². The summed E-state index contributed by atoms with van der Waals surface area (Å²) in [5.41, 5.74) is 1.18. The summed E-state index contributed by atoms with van der Waals surface area (Å²) in [5, 5.41) is 8.54. The summed E-state index contributed by atoms with van der Waals surface area (Å²) in [4.78, 5) is 0.214. The fourth-order valence-corrected chi connectivity index (χ4v) is 1.32. The second kappa shape index (κ2) is 5.53. The molecule has 3 nitrogen and oxygen atoms in total. The van der Waals surface area contributed by atoms with Crippen LogP contribution in [0.15, 0.2) is 23.1 Å². The van der Waals surface area contributed by atoms with Gasteiger partial charge in [-0.25, -0.2) is 0 Å². The van der Waals surface area contributed by atoms with E-state index in [2.05, 4.69) is 0 Å². The second-order valence-corrected chi connectivity index (χ2v) is 3.26. The fourth-order valence-electron chi connectivity index (χ4n) is 0.865. The van der Waals surface area contributed by atoms with Gasteiger partial charge in [0.25, 0.3) is 0 Å². The first-order valence-electron chi connectivity index (χ1n) is 3.25. The number of benzene rings is 1. The van der Waals surface area contributed by atoms with Gasteiger partial charge in [0.2, 0.25) is 0 Å². The van der Waals surface area contributed by atoms with Gasteiger partial charge in [-0.3, -0.25) is 4.21 Å². The first-order valence-corrected chi connectivity index (χ1v) is 4.32. The molecule has 1 rings (SSSR count). The Morgan fingerprint density at radius 2 is 2.15 bits per heavy atom. The molecule has 5 heteroatoms. The second-order valence-electron chi connectivity index (χ2n) is 2.32. The molecule has 0 aromatic heterocycles. The zero-order chi connectivity index (χ0) is 9.14. The molecule has 0 N–H and O–H groups in total.